The fraction of sp³-hybridized carbons (Fsp3) is 0.333. The lowest BCUT2D eigenvalue weighted by Crippen LogP contribution is -2.17. The highest BCUT2D eigenvalue weighted by molar-refractivity contribution is 5.87. The van der Waals surface area contributed by atoms with Crippen LogP contribution in [0, 0.1) is 0 Å². The van der Waals surface area contributed by atoms with Crippen molar-refractivity contribution in [2.24, 2.45) is 0 Å². The van der Waals surface area contributed by atoms with E-state index in [-0.39, 0.29) is 28.3 Å². The van der Waals surface area contributed by atoms with Gasteiger partial charge in [0.2, 0.25) is 0 Å². The van der Waals surface area contributed by atoms with E-state index >= 15 is 0 Å². The zero-order valence-electron chi connectivity index (χ0n) is 10.3. The summed E-state index contributed by atoms with van der Waals surface area (Å²) in [7, 11) is 0. The van der Waals surface area contributed by atoms with Crippen LogP contribution in [0.3, 0.4) is 0 Å². The summed E-state index contributed by atoms with van der Waals surface area (Å²) < 4.78 is 37.9. The maximum Gasteiger partial charge on any atom is 0.416 e. The molecule has 0 spiro atoms. The molecule has 2 aromatic rings. The quantitative estimate of drug-likeness (QED) is 0.783. The van der Waals surface area contributed by atoms with Gasteiger partial charge >= 0.3 is 6.18 Å². The Morgan fingerprint density at radius 2 is 1.95 bits per heavy atom. The molecule has 0 unspecified atom stereocenters. The first kappa shape index (κ1) is 13.4. The first-order valence-corrected chi connectivity index (χ1v) is 5.61. The second kappa shape index (κ2) is 4.25. The number of hydrogen-bond donors (Lipinski definition) is 2. The number of hydrogen-bond acceptors (Lipinski definition) is 3. The predicted octanol–water partition coefficient (Wildman–Crippen LogP) is 2.65. The van der Waals surface area contributed by atoms with Gasteiger partial charge in [-0.1, -0.05) is 13.8 Å². The summed E-state index contributed by atoms with van der Waals surface area (Å²) in [6.07, 6.45) is -4.52. The van der Waals surface area contributed by atoms with Crippen LogP contribution in [0.1, 0.15) is 31.0 Å². The summed E-state index contributed by atoms with van der Waals surface area (Å²) in [5, 5.41) is 0. The third-order valence-corrected chi connectivity index (χ3v) is 2.73. The van der Waals surface area contributed by atoms with Gasteiger partial charge in [-0.25, -0.2) is 4.98 Å². The molecular weight excluding hydrogens is 259 g/mol. The lowest BCUT2D eigenvalue weighted by Gasteiger charge is -2.11. The molecule has 1 aromatic carbocycles. The number of aromatic nitrogens is 2. The number of anilines is 1. The van der Waals surface area contributed by atoms with E-state index < -0.39 is 17.3 Å². The van der Waals surface area contributed by atoms with Crippen LogP contribution in [0.4, 0.5) is 18.9 Å². The topological polar surface area (TPSA) is 71.8 Å². The van der Waals surface area contributed by atoms with E-state index in [1.54, 1.807) is 13.8 Å². The van der Waals surface area contributed by atoms with Crippen LogP contribution in [0.5, 0.6) is 0 Å². The average molecular weight is 271 g/mol. The van der Waals surface area contributed by atoms with Gasteiger partial charge in [0.15, 0.2) is 0 Å². The normalized spacial score (nSPS) is 12.3. The Kier molecular flexibility index (Phi) is 3.00. The van der Waals surface area contributed by atoms with Crippen molar-refractivity contribution in [3.8, 4) is 0 Å². The number of benzene rings is 1. The monoisotopic (exact) mass is 271 g/mol. The Bertz CT molecular complexity index is 689. The Morgan fingerprint density at radius 1 is 1.32 bits per heavy atom. The van der Waals surface area contributed by atoms with Crippen molar-refractivity contribution >= 4 is 16.7 Å². The van der Waals surface area contributed by atoms with Crippen LogP contribution in [0.15, 0.2) is 16.9 Å². The molecule has 7 heteroatoms. The summed E-state index contributed by atoms with van der Waals surface area (Å²) in [4.78, 5) is 18.2. The number of nitrogen functional groups attached to an aromatic ring is 1. The summed E-state index contributed by atoms with van der Waals surface area (Å²) in [5.74, 6) is -0.144. The Balaban J connectivity index is 2.78. The number of nitrogens with zero attached hydrogens (tertiary/aromatic N) is 1. The largest absolute Gasteiger partial charge is 0.416 e. The maximum absolute atomic E-state index is 12.6. The zero-order chi connectivity index (χ0) is 14.4. The van der Waals surface area contributed by atoms with Crippen molar-refractivity contribution in [2.75, 3.05) is 5.73 Å². The molecule has 1 aromatic heterocycles. The SMILES string of the molecule is CC(C)c1nc2c(N)cc(C(F)(F)F)cc2[nH]c1=O. The van der Waals surface area contributed by atoms with Gasteiger partial charge < -0.3 is 10.7 Å². The molecule has 2 rings (SSSR count). The summed E-state index contributed by atoms with van der Waals surface area (Å²) in [5.41, 5.74) is 4.48. The summed E-state index contributed by atoms with van der Waals surface area (Å²) in [6.45, 7) is 3.54. The van der Waals surface area contributed by atoms with Crippen molar-refractivity contribution < 1.29 is 13.2 Å². The molecule has 0 atom stereocenters. The lowest BCUT2D eigenvalue weighted by atomic mass is 10.1. The molecule has 3 N–H and O–H groups in total. The van der Waals surface area contributed by atoms with Crippen molar-refractivity contribution in [3.05, 3.63) is 33.7 Å². The molecule has 0 fully saturated rings. The van der Waals surface area contributed by atoms with Crippen LogP contribution in [0.25, 0.3) is 11.0 Å². The van der Waals surface area contributed by atoms with Crippen molar-refractivity contribution in [2.45, 2.75) is 25.9 Å². The Hall–Kier alpha value is -2.05. The molecule has 0 aliphatic heterocycles. The molecule has 0 saturated heterocycles. The molecule has 1 heterocycles. The molecule has 0 aliphatic carbocycles. The fourth-order valence-corrected chi connectivity index (χ4v) is 1.79. The second-order valence-electron chi connectivity index (χ2n) is 4.57. The van der Waals surface area contributed by atoms with Gasteiger partial charge in [0.05, 0.1) is 16.8 Å². The van der Waals surface area contributed by atoms with Gasteiger partial charge in [-0.15, -0.1) is 0 Å². The highest BCUT2D eigenvalue weighted by atomic mass is 19.4. The van der Waals surface area contributed by atoms with Crippen molar-refractivity contribution in [1.29, 1.82) is 0 Å². The van der Waals surface area contributed by atoms with Gasteiger partial charge in [0.1, 0.15) is 11.2 Å². The molecule has 0 radical (unpaired) electrons. The predicted molar refractivity (Wildman–Crippen MR) is 65.9 cm³/mol. The van der Waals surface area contributed by atoms with E-state index in [9.17, 15) is 18.0 Å². The number of nitrogens with two attached hydrogens (primary N) is 1. The number of aromatic amines is 1. The van der Waals surface area contributed by atoms with Crippen molar-refractivity contribution in [3.63, 3.8) is 0 Å². The van der Waals surface area contributed by atoms with Crippen LogP contribution in [-0.2, 0) is 6.18 Å². The molecular formula is C12H12F3N3O. The van der Waals surface area contributed by atoms with Crippen LogP contribution in [0.2, 0.25) is 0 Å². The molecule has 4 nitrogen and oxygen atoms in total. The minimum atomic E-state index is -4.52. The zero-order valence-corrected chi connectivity index (χ0v) is 10.3. The Morgan fingerprint density at radius 3 is 2.47 bits per heavy atom. The van der Waals surface area contributed by atoms with E-state index in [0.29, 0.717) is 0 Å². The highest BCUT2D eigenvalue weighted by Crippen LogP contribution is 2.33. The molecule has 0 aliphatic rings. The van der Waals surface area contributed by atoms with Crippen LogP contribution < -0.4 is 11.3 Å². The van der Waals surface area contributed by atoms with E-state index in [4.69, 9.17) is 5.73 Å². The van der Waals surface area contributed by atoms with Crippen molar-refractivity contribution in [1.82, 2.24) is 9.97 Å². The van der Waals surface area contributed by atoms with Gasteiger partial charge in [-0.05, 0) is 12.1 Å². The Labute approximate surface area is 106 Å². The molecule has 0 saturated carbocycles. The molecule has 0 amide bonds. The van der Waals surface area contributed by atoms with Gasteiger partial charge in [0, 0.05) is 5.92 Å². The first-order valence-electron chi connectivity index (χ1n) is 5.61. The fourth-order valence-electron chi connectivity index (χ4n) is 1.79. The van der Waals surface area contributed by atoms with Crippen LogP contribution >= 0.6 is 0 Å². The minimum absolute atomic E-state index is 0.0123. The summed E-state index contributed by atoms with van der Waals surface area (Å²) >= 11 is 0. The highest BCUT2D eigenvalue weighted by Gasteiger charge is 2.31. The van der Waals surface area contributed by atoms with Gasteiger partial charge in [-0.2, -0.15) is 13.2 Å². The third kappa shape index (κ3) is 2.40. The first-order chi connectivity index (χ1) is 8.70. The number of fused-ring (bicyclic) bond motifs is 1. The van der Waals surface area contributed by atoms with E-state index in [2.05, 4.69) is 9.97 Å². The van der Waals surface area contributed by atoms with E-state index in [0.717, 1.165) is 12.1 Å². The summed E-state index contributed by atoms with van der Waals surface area (Å²) in [6, 6.07) is 1.65. The van der Waals surface area contributed by atoms with Crippen LogP contribution in [-0.4, -0.2) is 9.97 Å². The molecule has 0 bridgehead atoms. The third-order valence-electron chi connectivity index (χ3n) is 2.73. The van der Waals surface area contributed by atoms with E-state index in [1.807, 2.05) is 0 Å². The number of nitrogens with one attached hydrogen (secondary N) is 1. The number of alkyl halides is 3. The minimum Gasteiger partial charge on any atom is -0.397 e. The number of halogens is 3. The lowest BCUT2D eigenvalue weighted by molar-refractivity contribution is -0.137. The second-order valence-corrected chi connectivity index (χ2v) is 4.57. The standard InChI is InChI=1S/C12H12F3N3O/c1-5(2)9-11(19)17-8-4-6(12(13,14)15)3-7(16)10(8)18-9/h3-5H,16H2,1-2H3,(H,17,19). The van der Waals surface area contributed by atoms with Gasteiger partial charge in [-0.3, -0.25) is 4.79 Å². The molecule has 102 valence electrons. The maximum atomic E-state index is 12.6. The van der Waals surface area contributed by atoms with Gasteiger partial charge in [0.25, 0.3) is 5.56 Å². The number of H-pyrrole nitrogens is 1. The number of rotatable bonds is 1. The average Bonchev–Trinajstić information content (AvgIpc) is 2.26. The smallest absolute Gasteiger partial charge is 0.397 e. The molecule has 19 heavy (non-hydrogen) atoms. The van der Waals surface area contributed by atoms with E-state index in [1.165, 1.54) is 0 Å².